The van der Waals surface area contributed by atoms with Crippen LogP contribution in [0.25, 0.3) is 5.65 Å². The molecule has 2 heterocycles. The number of aromatic nitrogens is 3. The zero-order valence-corrected chi connectivity index (χ0v) is 14.1. The van der Waals surface area contributed by atoms with Crippen molar-refractivity contribution in [2.75, 3.05) is 0 Å². The molecule has 0 saturated heterocycles. The van der Waals surface area contributed by atoms with Crippen LogP contribution < -0.4 is 0 Å². The topological polar surface area (TPSA) is 50.4 Å². The average molecular weight is 341 g/mol. The fourth-order valence-electron chi connectivity index (χ4n) is 3.72. The lowest BCUT2D eigenvalue weighted by Gasteiger charge is -2.28. The molecule has 2 aromatic rings. The minimum Gasteiger partial charge on any atom is -0.493 e. The van der Waals surface area contributed by atoms with E-state index in [1.165, 1.54) is 4.52 Å². The normalized spacial score (nSPS) is 22.5. The molecule has 0 aromatic carbocycles. The van der Waals surface area contributed by atoms with E-state index in [0.29, 0.717) is 18.5 Å². The highest BCUT2D eigenvalue weighted by Gasteiger charge is 2.42. The van der Waals surface area contributed by atoms with Gasteiger partial charge in [0.25, 0.3) is 0 Å². The Hall–Kier alpha value is -1.79. The van der Waals surface area contributed by atoms with Crippen LogP contribution >= 0.6 is 0 Å². The molecule has 1 aliphatic rings. The molecule has 4 nitrogen and oxygen atoms in total. The van der Waals surface area contributed by atoms with Crippen LogP contribution in [-0.2, 0) is 0 Å². The molecule has 0 amide bonds. The van der Waals surface area contributed by atoms with Gasteiger partial charge in [-0.15, -0.1) is 0 Å². The number of rotatable bonds is 2. The number of aromatic hydroxyl groups is 1. The lowest BCUT2D eigenvalue weighted by Crippen LogP contribution is -2.27. The molecule has 0 atom stereocenters. The highest BCUT2D eigenvalue weighted by molar-refractivity contribution is 5.48. The summed E-state index contributed by atoms with van der Waals surface area (Å²) in [4.78, 5) is 4.49. The predicted molar refractivity (Wildman–Crippen MR) is 84.2 cm³/mol. The Morgan fingerprint density at radius 1 is 1.21 bits per heavy atom. The van der Waals surface area contributed by atoms with Gasteiger partial charge in [0.05, 0.1) is 11.6 Å². The number of nitrogens with zero attached hydrogens (tertiary/aromatic N) is 3. The lowest BCUT2D eigenvalue weighted by molar-refractivity contribution is -0.182. The Morgan fingerprint density at radius 2 is 1.83 bits per heavy atom. The number of hydrogen-bond acceptors (Lipinski definition) is 3. The maximum atomic E-state index is 12.8. The van der Waals surface area contributed by atoms with Crippen molar-refractivity contribution in [1.82, 2.24) is 14.6 Å². The van der Waals surface area contributed by atoms with Gasteiger partial charge in [-0.2, -0.15) is 22.8 Å². The van der Waals surface area contributed by atoms with Crippen molar-refractivity contribution in [3.05, 3.63) is 23.0 Å². The smallest absolute Gasteiger partial charge is 0.391 e. The van der Waals surface area contributed by atoms with Crippen LogP contribution in [0.15, 0.2) is 6.07 Å². The Balaban J connectivity index is 1.89. The van der Waals surface area contributed by atoms with E-state index in [-0.39, 0.29) is 30.6 Å². The molecule has 7 heteroatoms. The standard InChI is InChI=1S/C17H22F3N3O/c1-9(2)15-10(3)21-14-8-13(22-23(14)16(15)24)11-4-6-12(7-5-11)17(18,19)20/h8-9,11-12,24H,4-7H2,1-3H3. The van der Waals surface area contributed by atoms with E-state index in [1.807, 2.05) is 20.8 Å². The van der Waals surface area contributed by atoms with E-state index >= 15 is 0 Å². The summed E-state index contributed by atoms with van der Waals surface area (Å²) in [6, 6.07) is 1.79. The molecule has 3 rings (SSSR count). The summed E-state index contributed by atoms with van der Waals surface area (Å²) in [5.41, 5.74) is 2.77. The maximum absolute atomic E-state index is 12.8. The summed E-state index contributed by atoms with van der Waals surface area (Å²) in [6.07, 6.45) is -2.90. The van der Waals surface area contributed by atoms with E-state index in [0.717, 1.165) is 17.0 Å². The Bertz CT molecular complexity index is 744. The number of halogens is 3. The van der Waals surface area contributed by atoms with E-state index in [2.05, 4.69) is 10.1 Å². The van der Waals surface area contributed by atoms with E-state index in [9.17, 15) is 18.3 Å². The van der Waals surface area contributed by atoms with Gasteiger partial charge in [0.2, 0.25) is 5.88 Å². The number of hydrogen-bond donors (Lipinski definition) is 1. The van der Waals surface area contributed by atoms with Crippen LogP contribution in [-0.4, -0.2) is 25.9 Å². The van der Waals surface area contributed by atoms with Crippen molar-refractivity contribution in [1.29, 1.82) is 0 Å². The minimum atomic E-state index is -4.10. The second-order valence-corrected chi connectivity index (χ2v) is 7.02. The van der Waals surface area contributed by atoms with Gasteiger partial charge in [-0.3, -0.25) is 0 Å². The van der Waals surface area contributed by atoms with Gasteiger partial charge in [-0.25, -0.2) is 4.98 Å². The number of aryl methyl sites for hydroxylation is 1. The highest BCUT2D eigenvalue weighted by Crippen LogP contribution is 2.43. The third kappa shape index (κ3) is 2.96. The summed E-state index contributed by atoms with van der Waals surface area (Å²) in [5, 5.41) is 14.9. The summed E-state index contributed by atoms with van der Waals surface area (Å²) in [6.45, 7) is 5.78. The average Bonchev–Trinajstić information content (AvgIpc) is 2.90. The highest BCUT2D eigenvalue weighted by atomic mass is 19.4. The molecule has 0 radical (unpaired) electrons. The second kappa shape index (κ2) is 5.93. The van der Waals surface area contributed by atoms with Gasteiger partial charge in [0, 0.05) is 23.2 Å². The second-order valence-electron chi connectivity index (χ2n) is 7.02. The van der Waals surface area contributed by atoms with Gasteiger partial charge in [0.1, 0.15) is 0 Å². The fourth-order valence-corrected chi connectivity index (χ4v) is 3.72. The molecule has 132 valence electrons. The van der Waals surface area contributed by atoms with Crippen molar-refractivity contribution in [2.45, 2.75) is 64.5 Å². The van der Waals surface area contributed by atoms with Gasteiger partial charge in [-0.05, 0) is 38.5 Å². The first-order chi connectivity index (χ1) is 11.2. The van der Waals surface area contributed by atoms with Crippen molar-refractivity contribution < 1.29 is 18.3 Å². The van der Waals surface area contributed by atoms with Crippen molar-refractivity contribution >= 4 is 5.65 Å². The van der Waals surface area contributed by atoms with Gasteiger partial charge in [-0.1, -0.05) is 13.8 Å². The van der Waals surface area contributed by atoms with E-state index in [1.54, 1.807) is 6.07 Å². The summed E-state index contributed by atoms with van der Waals surface area (Å²) in [7, 11) is 0. The molecule has 0 unspecified atom stereocenters. The first-order valence-electron chi connectivity index (χ1n) is 8.34. The van der Waals surface area contributed by atoms with E-state index in [4.69, 9.17) is 0 Å². The third-order valence-corrected chi connectivity index (χ3v) is 5.01. The van der Waals surface area contributed by atoms with Crippen molar-refractivity contribution in [3.8, 4) is 5.88 Å². The zero-order valence-electron chi connectivity index (χ0n) is 14.1. The zero-order chi connectivity index (χ0) is 17.6. The summed E-state index contributed by atoms with van der Waals surface area (Å²) in [5.74, 6) is -1.03. The van der Waals surface area contributed by atoms with Gasteiger partial charge >= 0.3 is 6.18 Å². The predicted octanol–water partition coefficient (Wildman–Crippen LogP) is 4.70. The van der Waals surface area contributed by atoms with Crippen molar-refractivity contribution in [2.24, 2.45) is 5.92 Å². The quantitative estimate of drug-likeness (QED) is 0.861. The van der Waals surface area contributed by atoms with E-state index < -0.39 is 12.1 Å². The molecule has 1 saturated carbocycles. The number of alkyl halides is 3. The first-order valence-corrected chi connectivity index (χ1v) is 8.34. The van der Waals surface area contributed by atoms with Crippen LogP contribution in [0.3, 0.4) is 0 Å². The molecule has 0 aliphatic heterocycles. The van der Waals surface area contributed by atoms with Crippen LogP contribution in [0.4, 0.5) is 13.2 Å². The lowest BCUT2D eigenvalue weighted by atomic mass is 9.80. The van der Waals surface area contributed by atoms with Crippen molar-refractivity contribution in [3.63, 3.8) is 0 Å². The van der Waals surface area contributed by atoms with Crippen LogP contribution in [0, 0.1) is 12.8 Å². The first kappa shape index (κ1) is 17.0. The molecular weight excluding hydrogens is 319 g/mol. The Kier molecular flexibility index (Phi) is 4.21. The molecule has 1 fully saturated rings. The molecule has 2 aromatic heterocycles. The van der Waals surface area contributed by atoms with Gasteiger partial charge in [0.15, 0.2) is 5.65 Å². The van der Waals surface area contributed by atoms with Gasteiger partial charge < -0.3 is 5.11 Å². The molecule has 1 N–H and O–H groups in total. The molecule has 24 heavy (non-hydrogen) atoms. The molecule has 1 aliphatic carbocycles. The van der Waals surface area contributed by atoms with Crippen LogP contribution in [0.1, 0.15) is 68.3 Å². The summed E-state index contributed by atoms with van der Waals surface area (Å²) < 4.78 is 39.8. The fraction of sp³-hybridized carbons (Fsp3) is 0.647. The molecular formula is C17H22F3N3O. The Labute approximate surface area is 138 Å². The largest absolute Gasteiger partial charge is 0.493 e. The maximum Gasteiger partial charge on any atom is 0.391 e. The molecule has 0 bridgehead atoms. The molecule has 0 spiro atoms. The number of fused-ring (bicyclic) bond motifs is 1. The summed E-state index contributed by atoms with van der Waals surface area (Å²) >= 11 is 0. The minimum absolute atomic E-state index is 0.00694. The van der Waals surface area contributed by atoms with Crippen LogP contribution in [0.5, 0.6) is 5.88 Å². The van der Waals surface area contributed by atoms with Crippen LogP contribution in [0.2, 0.25) is 0 Å². The Morgan fingerprint density at radius 3 is 2.38 bits per heavy atom. The third-order valence-electron chi connectivity index (χ3n) is 5.01. The monoisotopic (exact) mass is 341 g/mol. The SMILES string of the molecule is Cc1nc2cc(C3CCC(C(F)(F)F)CC3)nn2c(O)c1C(C)C.